The van der Waals surface area contributed by atoms with Crippen LogP contribution in [-0.4, -0.2) is 37.0 Å². The standard InChI is InChI=1S/C26H36N2O/c1-3-24-14-19-13-23(22(29)28(2)21-9-11-27-12-10-21)16-25(18-24,26(24,15-19)17-23)20-7-5-4-6-8-20/h4-8,19,21,27H,3,9-18H2,1-2H3/t19?,23?,24-,25-,26?/m1/s1. The maximum absolute atomic E-state index is 14.1. The Kier molecular flexibility index (Phi) is 3.73. The highest BCUT2D eigenvalue weighted by Crippen LogP contribution is 2.89. The van der Waals surface area contributed by atoms with Gasteiger partial charge in [0.05, 0.1) is 5.41 Å². The third-order valence-corrected chi connectivity index (χ3v) is 10.5. The molecule has 1 aliphatic heterocycles. The lowest BCUT2D eigenvalue weighted by atomic mass is 9.36. The van der Waals surface area contributed by atoms with Crippen LogP contribution in [-0.2, 0) is 10.2 Å². The van der Waals surface area contributed by atoms with E-state index in [0.717, 1.165) is 51.1 Å². The molecule has 5 fully saturated rings. The first-order valence-corrected chi connectivity index (χ1v) is 12.0. The van der Waals surface area contributed by atoms with Crippen molar-refractivity contribution < 1.29 is 4.79 Å². The molecule has 1 aromatic rings. The van der Waals surface area contributed by atoms with E-state index in [1.54, 1.807) is 0 Å². The lowest BCUT2D eigenvalue weighted by molar-refractivity contribution is -0.147. The Morgan fingerprint density at radius 1 is 1.07 bits per heavy atom. The van der Waals surface area contributed by atoms with Crippen molar-refractivity contribution in [3.05, 3.63) is 35.9 Å². The largest absolute Gasteiger partial charge is 0.342 e. The average molecular weight is 393 g/mol. The zero-order valence-corrected chi connectivity index (χ0v) is 18.2. The second-order valence-corrected chi connectivity index (χ2v) is 11.4. The average Bonchev–Trinajstić information content (AvgIpc) is 3.06. The van der Waals surface area contributed by atoms with Crippen LogP contribution in [0.15, 0.2) is 30.3 Å². The van der Waals surface area contributed by atoms with Crippen LogP contribution < -0.4 is 5.32 Å². The van der Waals surface area contributed by atoms with Crippen molar-refractivity contribution in [2.75, 3.05) is 20.1 Å². The summed E-state index contributed by atoms with van der Waals surface area (Å²) in [4.78, 5) is 16.3. The van der Waals surface area contributed by atoms with Gasteiger partial charge in [-0.15, -0.1) is 0 Å². The molecule has 156 valence electrons. The number of nitrogens with one attached hydrogen (secondary N) is 1. The number of amides is 1. The molecule has 3 unspecified atom stereocenters. The molecular formula is C26H36N2O. The van der Waals surface area contributed by atoms with Gasteiger partial charge in [0.2, 0.25) is 5.91 Å². The van der Waals surface area contributed by atoms with E-state index >= 15 is 0 Å². The van der Waals surface area contributed by atoms with Gasteiger partial charge in [-0.3, -0.25) is 4.79 Å². The molecule has 3 bridgehead atoms. The highest BCUT2D eigenvalue weighted by Gasteiger charge is 2.84. The van der Waals surface area contributed by atoms with Crippen molar-refractivity contribution in [3.63, 3.8) is 0 Å². The van der Waals surface area contributed by atoms with E-state index in [0.29, 0.717) is 22.8 Å². The zero-order chi connectivity index (χ0) is 19.9. The number of fused-ring (bicyclic) bond motifs is 2. The van der Waals surface area contributed by atoms with E-state index in [1.807, 2.05) is 0 Å². The van der Waals surface area contributed by atoms with Crippen LogP contribution in [0, 0.1) is 22.2 Å². The van der Waals surface area contributed by atoms with E-state index < -0.39 is 0 Å². The predicted octanol–water partition coefficient (Wildman–Crippen LogP) is 4.52. The highest BCUT2D eigenvalue weighted by molar-refractivity contribution is 5.85. The SMILES string of the molecule is CC[C@]12CC3CC4(C(=O)N(C)C5CCNCC5)CC1(C3)[C@](c1ccccc1)(C4)C2. The molecule has 29 heavy (non-hydrogen) atoms. The van der Waals surface area contributed by atoms with Crippen molar-refractivity contribution in [1.29, 1.82) is 0 Å². The third kappa shape index (κ3) is 2.06. The number of hydrogen-bond donors (Lipinski definition) is 1. The van der Waals surface area contributed by atoms with Gasteiger partial charge in [-0.05, 0) is 93.2 Å². The zero-order valence-electron chi connectivity index (χ0n) is 18.2. The van der Waals surface area contributed by atoms with Crippen LogP contribution in [0.5, 0.6) is 0 Å². The molecule has 3 heteroatoms. The molecule has 0 radical (unpaired) electrons. The second-order valence-electron chi connectivity index (χ2n) is 11.4. The molecule has 5 aliphatic rings. The van der Waals surface area contributed by atoms with Crippen LogP contribution in [0.3, 0.4) is 0 Å². The van der Waals surface area contributed by atoms with Crippen LogP contribution in [0.2, 0.25) is 0 Å². The molecule has 1 spiro atoms. The van der Waals surface area contributed by atoms with Crippen LogP contribution in [0.1, 0.15) is 70.3 Å². The molecule has 6 rings (SSSR count). The quantitative estimate of drug-likeness (QED) is 0.817. The van der Waals surface area contributed by atoms with Gasteiger partial charge in [0.15, 0.2) is 0 Å². The number of piperidine rings is 1. The molecule has 4 aliphatic carbocycles. The molecule has 5 atom stereocenters. The summed E-state index contributed by atoms with van der Waals surface area (Å²) in [7, 11) is 2.11. The molecule has 1 N–H and O–H groups in total. The first-order valence-electron chi connectivity index (χ1n) is 12.0. The topological polar surface area (TPSA) is 32.3 Å². The van der Waals surface area contributed by atoms with Crippen LogP contribution >= 0.6 is 0 Å². The van der Waals surface area contributed by atoms with Gasteiger partial charge in [0.1, 0.15) is 0 Å². The fourth-order valence-electron chi connectivity index (χ4n) is 9.65. The van der Waals surface area contributed by atoms with Crippen molar-refractivity contribution in [2.24, 2.45) is 22.2 Å². The van der Waals surface area contributed by atoms with Crippen LogP contribution in [0.25, 0.3) is 0 Å². The molecule has 1 saturated heterocycles. The lowest BCUT2D eigenvalue weighted by Crippen LogP contribution is -2.62. The summed E-state index contributed by atoms with van der Waals surface area (Å²) in [5.74, 6) is 1.26. The molecule has 1 amide bonds. The van der Waals surface area contributed by atoms with Crippen molar-refractivity contribution in [3.8, 4) is 0 Å². The second kappa shape index (κ2) is 5.87. The minimum Gasteiger partial charge on any atom is -0.342 e. The Balaban J connectivity index is 1.41. The molecule has 4 saturated carbocycles. The van der Waals surface area contributed by atoms with Crippen molar-refractivity contribution in [1.82, 2.24) is 10.2 Å². The Labute approximate surface area is 175 Å². The number of hydrogen-bond acceptors (Lipinski definition) is 2. The first kappa shape index (κ1) is 18.4. The van der Waals surface area contributed by atoms with Gasteiger partial charge in [-0.25, -0.2) is 0 Å². The normalized spacial score (nSPS) is 45.1. The van der Waals surface area contributed by atoms with E-state index in [1.165, 1.54) is 31.2 Å². The first-order chi connectivity index (χ1) is 14.0. The van der Waals surface area contributed by atoms with E-state index in [-0.39, 0.29) is 10.8 Å². The Bertz CT molecular complexity index is 832. The summed E-state index contributed by atoms with van der Waals surface area (Å²) in [6.45, 7) is 4.52. The Morgan fingerprint density at radius 2 is 1.83 bits per heavy atom. The van der Waals surface area contributed by atoms with Crippen molar-refractivity contribution in [2.45, 2.75) is 76.2 Å². The molecule has 1 aromatic carbocycles. The van der Waals surface area contributed by atoms with E-state index in [4.69, 9.17) is 0 Å². The maximum atomic E-state index is 14.1. The van der Waals surface area contributed by atoms with Gasteiger partial charge >= 0.3 is 0 Å². The summed E-state index contributed by atoms with van der Waals surface area (Å²) in [6.07, 6.45) is 11.0. The maximum Gasteiger partial charge on any atom is 0.228 e. The number of benzene rings is 1. The van der Waals surface area contributed by atoms with Gasteiger partial charge < -0.3 is 10.2 Å². The minimum atomic E-state index is -0.105. The number of nitrogens with zero attached hydrogens (tertiary/aromatic N) is 1. The number of rotatable bonds is 4. The lowest BCUT2D eigenvalue weighted by Gasteiger charge is -2.67. The van der Waals surface area contributed by atoms with Gasteiger partial charge in [0.25, 0.3) is 0 Å². The van der Waals surface area contributed by atoms with E-state index in [9.17, 15) is 4.79 Å². The van der Waals surface area contributed by atoms with Crippen LogP contribution in [0.4, 0.5) is 0 Å². The summed E-state index contributed by atoms with van der Waals surface area (Å²) in [6, 6.07) is 11.8. The predicted molar refractivity (Wildman–Crippen MR) is 116 cm³/mol. The summed E-state index contributed by atoms with van der Waals surface area (Å²) in [5.41, 5.74) is 2.56. The Morgan fingerprint density at radius 3 is 2.55 bits per heavy atom. The molecular weight excluding hydrogens is 356 g/mol. The van der Waals surface area contributed by atoms with Gasteiger partial charge in [-0.1, -0.05) is 37.3 Å². The van der Waals surface area contributed by atoms with E-state index in [2.05, 4.69) is 54.5 Å². The molecule has 1 heterocycles. The fraction of sp³-hybridized carbons (Fsp3) is 0.731. The summed E-state index contributed by atoms with van der Waals surface area (Å²) < 4.78 is 0. The van der Waals surface area contributed by atoms with Gasteiger partial charge in [-0.2, -0.15) is 0 Å². The smallest absolute Gasteiger partial charge is 0.228 e. The van der Waals surface area contributed by atoms with Gasteiger partial charge in [0, 0.05) is 18.5 Å². The number of carbonyl (C=O) groups excluding carboxylic acids is 1. The summed E-state index contributed by atoms with van der Waals surface area (Å²) in [5, 5.41) is 3.46. The molecule has 3 nitrogen and oxygen atoms in total. The molecule has 0 aromatic heterocycles. The minimum absolute atomic E-state index is 0.105. The van der Waals surface area contributed by atoms with Crippen molar-refractivity contribution >= 4 is 5.91 Å². The highest BCUT2D eigenvalue weighted by atomic mass is 16.2. The summed E-state index contributed by atoms with van der Waals surface area (Å²) >= 11 is 0. The Hall–Kier alpha value is -1.35. The monoisotopic (exact) mass is 392 g/mol. The number of carbonyl (C=O) groups is 1. The third-order valence-electron chi connectivity index (χ3n) is 10.5. The fourth-order valence-corrected chi connectivity index (χ4v) is 9.65.